The van der Waals surface area contributed by atoms with Crippen molar-refractivity contribution in [3.05, 3.63) is 59.8 Å². The van der Waals surface area contributed by atoms with E-state index in [0.29, 0.717) is 6.42 Å². The average molecular weight is 333 g/mol. The lowest BCUT2D eigenvalue weighted by Crippen LogP contribution is -2.18. The summed E-state index contributed by atoms with van der Waals surface area (Å²) in [4.78, 5) is 18.1. The fourth-order valence-corrected chi connectivity index (χ4v) is 3.61. The maximum atomic E-state index is 12.5. The van der Waals surface area contributed by atoms with Crippen LogP contribution in [-0.4, -0.2) is 24.0 Å². The van der Waals surface area contributed by atoms with Gasteiger partial charge in [0.15, 0.2) is 0 Å². The Morgan fingerprint density at radius 3 is 2.76 bits per heavy atom. The summed E-state index contributed by atoms with van der Waals surface area (Å²) >= 11 is 0. The molecule has 0 aliphatic carbocycles. The molecule has 0 radical (unpaired) electrons. The third-order valence-corrected chi connectivity index (χ3v) is 4.98. The van der Waals surface area contributed by atoms with E-state index in [1.165, 1.54) is 18.5 Å². The van der Waals surface area contributed by atoms with Gasteiger partial charge in [0.25, 0.3) is 0 Å². The zero-order chi connectivity index (χ0) is 17.2. The molecule has 4 nitrogen and oxygen atoms in total. The first-order chi connectivity index (χ1) is 12.2. The Bertz CT molecular complexity index is 906. The third-order valence-electron chi connectivity index (χ3n) is 4.98. The van der Waals surface area contributed by atoms with Gasteiger partial charge in [-0.3, -0.25) is 4.79 Å². The van der Waals surface area contributed by atoms with E-state index in [1.54, 1.807) is 0 Å². The fraction of sp³-hybridized carbons (Fsp3) is 0.286. The molecule has 0 bridgehead atoms. The van der Waals surface area contributed by atoms with Crippen LogP contribution in [0.5, 0.6) is 0 Å². The number of anilines is 2. The lowest BCUT2D eigenvalue weighted by atomic mass is 10.1. The van der Waals surface area contributed by atoms with Gasteiger partial charge < -0.3 is 15.2 Å². The summed E-state index contributed by atoms with van der Waals surface area (Å²) in [5.74, 6) is 0.0155. The normalized spacial score (nSPS) is 14.2. The molecule has 0 saturated carbocycles. The highest BCUT2D eigenvalue weighted by Gasteiger charge is 2.14. The second-order valence-corrected chi connectivity index (χ2v) is 6.78. The van der Waals surface area contributed by atoms with Gasteiger partial charge in [-0.05, 0) is 55.2 Å². The molecule has 1 saturated heterocycles. The molecule has 1 aromatic heterocycles. The summed E-state index contributed by atoms with van der Waals surface area (Å²) in [7, 11) is 0. The van der Waals surface area contributed by atoms with Crippen LogP contribution in [0.25, 0.3) is 10.9 Å². The van der Waals surface area contributed by atoms with E-state index in [9.17, 15) is 4.79 Å². The smallest absolute Gasteiger partial charge is 0.228 e. The maximum Gasteiger partial charge on any atom is 0.228 e. The summed E-state index contributed by atoms with van der Waals surface area (Å²) < 4.78 is 0. The molecule has 0 atom stereocenters. The van der Waals surface area contributed by atoms with Gasteiger partial charge in [-0.25, -0.2) is 0 Å². The number of amides is 1. The Labute approximate surface area is 147 Å². The minimum atomic E-state index is 0.0155. The number of aromatic amines is 1. The molecule has 0 spiro atoms. The van der Waals surface area contributed by atoms with Crippen LogP contribution in [0.2, 0.25) is 0 Å². The number of carbonyl (C=O) groups is 1. The van der Waals surface area contributed by atoms with Crippen LogP contribution in [0, 0.1) is 6.92 Å². The standard InChI is InChI=1S/C21H23N3O/c1-15-12-17(24-10-4-5-11-24)8-9-19(15)23-21(25)13-16-14-22-20-7-3-2-6-18(16)20/h2-3,6-9,12,14,22H,4-5,10-11,13H2,1H3,(H,23,25). The van der Waals surface area contributed by atoms with Gasteiger partial charge in [-0.1, -0.05) is 18.2 Å². The minimum absolute atomic E-state index is 0.0155. The minimum Gasteiger partial charge on any atom is -0.372 e. The number of carbonyl (C=O) groups excluding carboxylic acids is 1. The molecule has 2 heterocycles. The number of rotatable bonds is 4. The van der Waals surface area contributed by atoms with Crippen LogP contribution in [0.1, 0.15) is 24.0 Å². The molecule has 25 heavy (non-hydrogen) atoms. The van der Waals surface area contributed by atoms with Crippen molar-refractivity contribution >= 4 is 28.2 Å². The summed E-state index contributed by atoms with van der Waals surface area (Å²) in [6.07, 6.45) is 4.83. The van der Waals surface area contributed by atoms with E-state index in [1.807, 2.05) is 36.5 Å². The topological polar surface area (TPSA) is 48.1 Å². The highest BCUT2D eigenvalue weighted by Crippen LogP contribution is 2.26. The molecular weight excluding hydrogens is 310 g/mol. The number of aromatic nitrogens is 1. The second-order valence-electron chi connectivity index (χ2n) is 6.78. The van der Waals surface area contributed by atoms with E-state index >= 15 is 0 Å². The number of aryl methyl sites for hydroxylation is 1. The fourth-order valence-electron chi connectivity index (χ4n) is 3.61. The molecule has 1 amide bonds. The number of nitrogens with one attached hydrogen (secondary N) is 2. The van der Waals surface area contributed by atoms with E-state index in [2.05, 4.69) is 34.3 Å². The molecule has 0 unspecified atom stereocenters. The molecule has 128 valence electrons. The SMILES string of the molecule is Cc1cc(N2CCCC2)ccc1NC(=O)Cc1c[nH]c2ccccc12. The van der Waals surface area contributed by atoms with Crippen molar-refractivity contribution in [1.82, 2.24) is 4.98 Å². The predicted octanol–water partition coefficient (Wildman–Crippen LogP) is 4.26. The lowest BCUT2D eigenvalue weighted by Gasteiger charge is -2.19. The van der Waals surface area contributed by atoms with Crippen molar-refractivity contribution in [3.8, 4) is 0 Å². The Morgan fingerprint density at radius 1 is 1.16 bits per heavy atom. The van der Waals surface area contributed by atoms with Crippen molar-refractivity contribution < 1.29 is 4.79 Å². The highest BCUT2D eigenvalue weighted by molar-refractivity contribution is 5.96. The van der Waals surface area contributed by atoms with Crippen LogP contribution in [0.15, 0.2) is 48.7 Å². The van der Waals surface area contributed by atoms with Crippen molar-refractivity contribution in [2.75, 3.05) is 23.3 Å². The number of hydrogen-bond acceptors (Lipinski definition) is 2. The first-order valence-electron chi connectivity index (χ1n) is 8.91. The molecule has 1 aliphatic heterocycles. The van der Waals surface area contributed by atoms with Crippen molar-refractivity contribution in [1.29, 1.82) is 0 Å². The summed E-state index contributed by atoms with van der Waals surface area (Å²) in [5.41, 5.74) is 5.35. The first kappa shape index (κ1) is 15.8. The molecule has 3 aromatic rings. The Kier molecular flexibility index (Phi) is 4.18. The highest BCUT2D eigenvalue weighted by atomic mass is 16.1. The van der Waals surface area contributed by atoms with Crippen LogP contribution < -0.4 is 10.2 Å². The van der Waals surface area contributed by atoms with Crippen molar-refractivity contribution in [3.63, 3.8) is 0 Å². The van der Waals surface area contributed by atoms with Gasteiger partial charge in [-0.2, -0.15) is 0 Å². The Morgan fingerprint density at radius 2 is 1.96 bits per heavy atom. The Hall–Kier alpha value is -2.75. The average Bonchev–Trinajstić information content (AvgIpc) is 3.27. The number of H-pyrrole nitrogens is 1. The third kappa shape index (κ3) is 3.25. The van der Waals surface area contributed by atoms with Crippen molar-refractivity contribution in [2.45, 2.75) is 26.2 Å². The van der Waals surface area contributed by atoms with Crippen LogP contribution in [0.3, 0.4) is 0 Å². The van der Waals surface area contributed by atoms with Gasteiger partial charge in [0.1, 0.15) is 0 Å². The monoisotopic (exact) mass is 333 g/mol. The first-order valence-corrected chi connectivity index (χ1v) is 8.91. The molecule has 1 fully saturated rings. The quantitative estimate of drug-likeness (QED) is 0.749. The molecule has 4 rings (SSSR count). The van der Waals surface area contributed by atoms with Gasteiger partial charge in [0, 0.05) is 41.6 Å². The van der Waals surface area contributed by atoms with Crippen LogP contribution in [0.4, 0.5) is 11.4 Å². The molecule has 4 heteroatoms. The Balaban J connectivity index is 1.47. The van der Waals surface area contributed by atoms with Crippen LogP contribution in [-0.2, 0) is 11.2 Å². The van der Waals surface area contributed by atoms with Crippen molar-refractivity contribution in [2.24, 2.45) is 0 Å². The van der Waals surface area contributed by atoms with E-state index < -0.39 is 0 Å². The number of hydrogen-bond donors (Lipinski definition) is 2. The predicted molar refractivity (Wildman–Crippen MR) is 103 cm³/mol. The van der Waals surface area contributed by atoms with E-state index in [-0.39, 0.29) is 5.91 Å². The molecular formula is C21H23N3O. The van der Waals surface area contributed by atoms with Gasteiger partial charge in [0.2, 0.25) is 5.91 Å². The summed E-state index contributed by atoms with van der Waals surface area (Å²) in [6.45, 7) is 4.32. The lowest BCUT2D eigenvalue weighted by molar-refractivity contribution is -0.115. The zero-order valence-electron chi connectivity index (χ0n) is 14.5. The zero-order valence-corrected chi connectivity index (χ0v) is 14.5. The molecule has 1 aliphatic rings. The van der Waals surface area contributed by atoms with Gasteiger partial charge >= 0.3 is 0 Å². The van der Waals surface area contributed by atoms with Gasteiger partial charge in [0.05, 0.1) is 6.42 Å². The van der Waals surface area contributed by atoms with Gasteiger partial charge in [-0.15, -0.1) is 0 Å². The largest absolute Gasteiger partial charge is 0.372 e. The number of nitrogens with zero attached hydrogens (tertiary/aromatic N) is 1. The summed E-state index contributed by atoms with van der Waals surface area (Å²) in [6, 6.07) is 14.4. The second kappa shape index (κ2) is 6.63. The number of fused-ring (bicyclic) bond motifs is 1. The van der Waals surface area contributed by atoms with E-state index in [4.69, 9.17) is 0 Å². The maximum absolute atomic E-state index is 12.5. The molecule has 2 aromatic carbocycles. The number of benzene rings is 2. The summed E-state index contributed by atoms with van der Waals surface area (Å²) in [5, 5.41) is 4.17. The van der Waals surface area contributed by atoms with Crippen LogP contribution >= 0.6 is 0 Å². The number of para-hydroxylation sites is 1. The molecule has 2 N–H and O–H groups in total. The van der Waals surface area contributed by atoms with E-state index in [0.717, 1.165) is 40.8 Å².